The minimum atomic E-state index is -0.628. The van der Waals surface area contributed by atoms with E-state index in [9.17, 15) is 9.65 Å². The highest BCUT2D eigenvalue weighted by Crippen LogP contribution is 2.38. The zero-order valence-electron chi connectivity index (χ0n) is 25.1. The Kier molecular flexibility index (Phi) is 8.60. The fourth-order valence-electron chi connectivity index (χ4n) is 5.74. The first-order valence-electron chi connectivity index (χ1n) is 14.7. The molecular formula is C33H32Cl2FN9. The van der Waals surface area contributed by atoms with Gasteiger partial charge in [-0.1, -0.05) is 40.5 Å². The van der Waals surface area contributed by atoms with E-state index in [1.807, 2.05) is 29.1 Å². The number of aromatic nitrogens is 5. The number of nitriles is 1. The van der Waals surface area contributed by atoms with Gasteiger partial charge in [0.15, 0.2) is 5.82 Å². The van der Waals surface area contributed by atoms with Crippen LogP contribution in [0.4, 0.5) is 21.5 Å². The lowest BCUT2D eigenvalue weighted by atomic mass is 9.98. The molecule has 2 N–H and O–H groups in total. The van der Waals surface area contributed by atoms with Crippen molar-refractivity contribution in [2.75, 3.05) is 23.7 Å². The minimum Gasteiger partial charge on any atom is -0.373 e. The molecule has 4 heterocycles. The highest BCUT2D eigenvalue weighted by atomic mass is 35.5. The van der Waals surface area contributed by atoms with Crippen molar-refractivity contribution in [3.8, 4) is 6.07 Å². The lowest BCUT2D eigenvalue weighted by molar-refractivity contribution is 0.0866. The summed E-state index contributed by atoms with van der Waals surface area (Å²) in [6.45, 7) is 8.73. The zero-order valence-corrected chi connectivity index (χ0v) is 26.6. The Hall–Kier alpha value is -4.30. The van der Waals surface area contributed by atoms with Gasteiger partial charge in [0.1, 0.15) is 11.8 Å². The third-order valence-electron chi connectivity index (χ3n) is 8.20. The van der Waals surface area contributed by atoms with E-state index >= 15 is 0 Å². The van der Waals surface area contributed by atoms with Gasteiger partial charge in [0.05, 0.1) is 50.8 Å². The summed E-state index contributed by atoms with van der Waals surface area (Å²) < 4.78 is 16.9. The zero-order chi connectivity index (χ0) is 31.7. The molecule has 12 heteroatoms. The first kappa shape index (κ1) is 30.7. The number of likely N-dealkylation sites (tertiary alicyclic amines) is 1. The van der Waals surface area contributed by atoms with E-state index in [-0.39, 0.29) is 27.9 Å². The van der Waals surface area contributed by atoms with Crippen LogP contribution in [0.1, 0.15) is 62.5 Å². The van der Waals surface area contributed by atoms with Crippen LogP contribution >= 0.6 is 23.2 Å². The van der Waals surface area contributed by atoms with Crippen LogP contribution in [-0.2, 0) is 0 Å². The molecule has 0 bridgehead atoms. The Morgan fingerprint density at radius 2 is 1.87 bits per heavy atom. The van der Waals surface area contributed by atoms with Crippen LogP contribution in [-0.4, -0.2) is 48.5 Å². The fraction of sp³-hybridized carbons (Fsp3) is 0.303. The van der Waals surface area contributed by atoms with Crippen LogP contribution in [0.2, 0.25) is 10.0 Å². The number of hydrogen-bond acceptors (Lipinski definition) is 8. The Balaban J connectivity index is 1.36. The van der Waals surface area contributed by atoms with E-state index in [0.29, 0.717) is 27.3 Å². The van der Waals surface area contributed by atoms with Crippen molar-refractivity contribution in [3.63, 3.8) is 0 Å². The first-order chi connectivity index (χ1) is 21.6. The van der Waals surface area contributed by atoms with E-state index < -0.39 is 11.9 Å². The number of nitrogens with one attached hydrogen (secondary N) is 2. The van der Waals surface area contributed by atoms with Crippen LogP contribution in [0.25, 0.3) is 10.9 Å². The fourth-order valence-corrected chi connectivity index (χ4v) is 6.18. The molecule has 0 radical (unpaired) electrons. The largest absolute Gasteiger partial charge is 0.373 e. The molecule has 1 atom stereocenters. The number of halogens is 3. The summed E-state index contributed by atoms with van der Waals surface area (Å²) in [5, 5.41) is 26.5. The highest BCUT2D eigenvalue weighted by Gasteiger charge is 2.29. The van der Waals surface area contributed by atoms with Gasteiger partial charge in [0, 0.05) is 48.3 Å². The lowest BCUT2D eigenvalue weighted by Crippen LogP contribution is -2.46. The lowest BCUT2D eigenvalue weighted by Gasteiger charge is -2.40. The monoisotopic (exact) mass is 643 g/mol. The maximum absolute atomic E-state index is 14.9. The van der Waals surface area contributed by atoms with E-state index in [4.69, 9.17) is 23.2 Å². The van der Waals surface area contributed by atoms with Crippen molar-refractivity contribution in [2.45, 2.75) is 51.2 Å². The van der Waals surface area contributed by atoms with Gasteiger partial charge in [-0.15, -0.1) is 5.10 Å². The van der Waals surface area contributed by atoms with Crippen molar-refractivity contribution in [1.82, 2.24) is 29.9 Å². The van der Waals surface area contributed by atoms with E-state index in [1.165, 1.54) is 12.3 Å². The summed E-state index contributed by atoms with van der Waals surface area (Å²) >= 11 is 12.8. The topological polar surface area (TPSA) is 108 Å². The van der Waals surface area contributed by atoms with Gasteiger partial charge in [0.2, 0.25) is 0 Å². The quantitative estimate of drug-likeness (QED) is 0.184. The normalized spacial score (nSPS) is 15.1. The summed E-state index contributed by atoms with van der Waals surface area (Å²) in [4.78, 5) is 11.3. The van der Waals surface area contributed by atoms with Crippen molar-refractivity contribution in [1.29, 1.82) is 5.26 Å². The van der Waals surface area contributed by atoms with Crippen LogP contribution in [0.3, 0.4) is 0 Å². The molecule has 0 saturated carbocycles. The molecule has 0 spiro atoms. The van der Waals surface area contributed by atoms with Crippen LogP contribution in [0.15, 0.2) is 67.3 Å². The third kappa shape index (κ3) is 6.43. The number of rotatable bonds is 7. The summed E-state index contributed by atoms with van der Waals surface area (Å²) in [6.07, 6.45) is 8.88. The van der Waals surface area contributed by atoms with Gasteiger partial charge in [-0.3, -0.25) is 14.9 Å². The standard InChI is InChI=1S/C33H32Cl2FN9/c1-33(2,3)44-12-9-23(10-13-44)45-19-28(42-43-45)31(20-6-5-11-38-17-20)40-22-14-24-30(41-27-8-4-7-25(34)29(27)36)21(16-37)18-39-32(24)26(35)15-22/h4-8,11,14-15,17-19,23,31,40H,9-10,12-13H2,1-3H3,(H,39,41). The molecule has 1 unspecified atom stereocenters. The second-order valence-corrected chi connectivity index (χ2v) is 12.9. The van der Waals surface area contributed by atoms with Crippen molar-refractivity contribution in [3.05, 3.63) is 99.9 Å². The minimum absolute atomic E-state index is 0.0376. The number of fused-ring (bicyclic) bond motifs is 1. The van der Waals surface area contributed by atoms with E-state index in [1.54, 1.807) is 30.6 Å². The van der Waals surface area contributed by atoms with Gasteiger partial charge in [0.25, 0.3) is 0 Å². The molecule has 2 aromatic carbocycles. The molecule has 1 saturated heterocycles. The summed E-state index contributed by atoms with van der Waals surface area (Å²) in [5.74, 6) is -0.628. The molecule has 5 aromatic rings. The van der Waals surface area contributed by atoms with Crippen molar-refractivity contribution >= 4 is 51.2 Å². The average molecular weight is 645 g/mol. The van der Waals surface area contributed by atoms with Gasteiger partial charge in [-0.2, -0.15) is 5.26 Å². The smallest absolute Gasteiger partial charge is 0.165 e. The van der Waals surface area contributed by atoms with Crippen molar-refractivity contribution < 1.29 is 4.39 Å². The predicted octanol–water partition coefficient (Wildman–Crippen LogP) is 7.92. The molecule has 1 fully saturated rings. The molecule has 1 aliphatic heterocycles. The summed E-state index contributed by atoms with van der Waals surface area (Å²) in [7, 11) is 0. The Morgan fingerprint density at radius 3 is 2.58 bits per heavy atom. The summed E-state index contributed by atoms with van der Waals surface area (Å²) in [5.41, 5.74) is 3.54. The first-order valence-corrected chi connectivity index (χ1v) is 15.4. The number of pyridine rings is 2. The number of nitrogens with zero attached hydrogens (tertiary/aromatic N) is 7. The van der Waals surface area contributed by atoms with E-state index in [2.05, 4.69) is 62.7 Å². The SMILES string of the molecule is CC(C)(C)N1CCC(n2cc(C(Nc3cc(Cl)c4ncc(C#N)c(Nc5cccc(Cl)c5F)c4c3)c3cccnc3)nn2)CC1. The molecule has 1 aliphatic rings. The second kappa shape index (κ2) is 12.6. The Bertz CT molecular complexity index is 1870. The highest BCUT2D eigenvalue weighted by molar-refractivity contribution is 6.36. The van der Waals surface area contributed by atoms with Gasteiger partial charge < -0.3 is 10.6 Å². The van der Waals surface area contributed by atoms with Crippen molar-refractivity contribution in [2.24, 2.45) is 0 Å². The van der Waals surface area contributed by atoms with Crippen LogP contribution in [0.5, 0.6) is 0 Å². The maximum Gasteiger partial charge on any atom is 0.165 e. The molecule has 0 aliphatic carbocycles. The maximum atomic E-state index is 14.9. The predicted molar refractivity (Wildman–Crippen MR) is 175 cm³/mol. The molecule has 230 valence electrons. The van der Waals surface area contributed by atoms with Crippen LogP contribution < -0.4 is 10.6 Å². The number of hydrogen-bond donors (Lipinski definition) is 2. The Morgan fingerprint density at radius 1 is 1.07 bits per heavy atom. The molecule has 9 nitrogen and oxygen atoms in total. The summed E-state index contributed by atoms with van der Waals surface area (Å²) in [6, 6.07) is 14.1. The van der Waals surface area contributed by atoms with Gasteiger partial charge in [-0.25, -0.2) is 9.07 Å². The second-order valence-electron chi connectivity index (χ2n) is 12.1. The molecule has 3 aromatic heterocycles. The molecule has 0 amide bonds. The number of anilines is 3. The number of benzene rings is 2. The molecule has 45 heavy (non-hydrogen) atoms. The van der Waals surface area contributed by atoms with Crippen LogP contribution in [0, 0.1) is 17.1 Å². The molecule has 6 rings (SSSR count). The number of piperidine rings is 1. The van der Waals surface area contributed by atoms with Gasteiger partial charge in [-0.05, 0) is 69.5 Å². The Labute approximate surface area is 271 Å². The van der Waals surface area contributed by atoms with E-state index in [0.717, 1.165) is 37.2 Å². The average Bonchev–Trinajstić information content (AvgIpc) is 3.52. The third-order valence-corrected chi connectivity index (χ3v) is 8.78. The van der Waals surface area contributed by atoms with Gasteiger partial charge >= 0.3 is 0 Å². The molecular weight excluding hydrogens is 612 g/mol.